The summed E-state index contributed by atoms with van der Waals surface area (Å²) in [7, 11) is 1.53. The zero-order valence-electron chi connectivity index (χ0n) is 13.3. The molecule has 25 heavy (non-hydrogen) atoms. The van der Waals surface area contributed by atoms with Crippen LogP contribution in [0.3, 0.4) is 0 Å². The van der Waals surface area contributed by atoms with Crippen molar-refractivity contribution in [1.29, 1.82) is 0 Å². The van der Waals surface area contributed by atoms with Crippen LogP contribution in [0.4, 0.5) is 29.3 Å². The first-order valence-corrected chi connectivity index (χ1v) is 7.33. The summed E-state index contributed by atoms with van der Waals surface area (Å²) in [6, 6.07) is 10.3. The average Bonchev–Trinajstić information content (AvgIpc) is 2.56. The Kier molecular flexibility index (Phi) is 5.63. The van der Waals surface area contributed by atoms with Gasteiger partial charge in [-0.05, 0) is 29.8 Å². The lowest BCUT2D eigenvalue weighted by Gasteiger charge is -2.14. The summed E-state index contributed by atoms with van der Waals surface area (Å²) in [4.78, 5) is 23.2. The Morgan fingerprint density at radius 1 is 0.960 bits per heavy atom. The van der Waals surface area contributed by atoms with Gasteiger partial charge in [0.1, 0.15) is 0 Å². The number of amides is 3. The van der Waals surface area contributed by atoms with Gasteiger partial charge in [-0.1, -0.05) is 24.3 Å². The largest absolute Gasteiger partial charge is 0.418 e. The highest BCUT2D eigenvalue weighted by molar-refractivity contribution is 6.00. The van der Waals surface area contributed by atoms with Crippen LogP contribution in [0.5, 0.6) is 0 Å². The fraction of sp³-hybridized carbons (Fsp3) is 0.176. The normalized spacial score (nSPS) is 10.9. The maximum absolute atomic E-state index is 12.9. The second-order valence-electron chi connectivity index (χ2n) is 5.17. The molecule has 2 aromatic carbocycles. The molecule has 0 saturated carbocycles. The number of likely N-dealkylation sites (N-methyl/N-ethyl adjacent to an activating group) is 1. The maximum atomic E-state index is 12.9. The van der Waals surface area contributed by atoms with E-state index in [1.807, 2.05) is 0 Å². The molecule has 0 radical (unpaired) electrons. The molecule has 5 nitrogen and oxygen atoms in total. The zero-order valence-corrected chi connectivity index (χ0v) is 13.3. The van der Waals surface area contributed by atoms with Gasteiger partial charge in [0.25, 0.3) is 0 Å². The van der Waals surface area contributed by atoms with Crippen molar-refractivity contribution in [2.45, 2.75) is 12.6 Å². The van der Waals surface area contributed by atoms with Gasteiger partial charge in [-0.25, -0.2) is 4.79 Å². The van der Waals surface area contributed by atoms with Crippen LogP contribution in [0.15, 0.2) is 48.5 Å². The Hall–Kier alpha value is -3.03. The molecule has 0 heterocycles. The van der Waals surface area contributed by atoms with E-state index < -0.39 is 17.8 Å². The van der Waals surface area contributed by atoms with Crippen LogP contribution in [-0.4, -0.2) is 19.0 Å². The van der Waals surface area contributed by atoms with E-state index in [1.165, 1.54) is 25.2 Å². The van der Waals surface area contributed by atoms with Crippen molar-refractivity contribution in [2.75, 3.05) is 17.7 Å². The van der Waals surface area contributed by atoms with Crippen LogP contribution in [-0.2, 0) is 17.4 Å². The first-order valence-electron chi connectivity index (χ1n) is 7.33. The lowest BCUT2D eigenvalue weighted by atomic mass is 10.1. The molecular weight excluding hydrogens is 335 g/mol. The van der Waals surface area contributed by atoms with Gasteiger partial charge in [0.15, 0.2) is 0 Å². The lowest BCUT2D eigenvalue weighted by molar-refractivity contribution is -0.136. The highest BCUT2D eigenvalue weighted by Crippen LogP contribution is 2.34. The van der Waals surface area contributed by atoms with E-state index in [9.17, 15) is 22.8 Å². The minimum absolute atomic E-state index is 0.151. The molecule has 0 aliphatic heterocycles. The van der Waals surface area contributed by atoms with Crippen LogP contribution >= 0.6 is 0 Å². The molecule has 132 valence electrons. The lowest BCUT2D eigenvalue weighted by Crippen LogP contribution is -2.22. The topological polar surface area (TPSA) is 70.2 Å². The Balaban J connectivity index is 2.03. The molecule has 3 N–H and O–H groups in total. The molecular formula is C17H16F3N3O2. The SMILES string of the molecule is CNC(=O)Cc1ccc(NC(=O)Nc2ccccc2C(F)(F)F)cc1. The molecule has 3 amide bonds. The Bertz CT molecular complexity index is 758. The number of benzene rings is 2. The minimum atomic E-state index is -4.56. The highest BCUT2D eigenvalue weighted by Gasteiger charge is 2.33. The zero-order chi connectivity index (χ0) is 18.4. The van der Waals surface area contributed by atoms with Crippen LogP contribution < -0.4 is 16.0 Å². The summed E-state index contributed by atoms with van der Waals surface area (Å²) in [6.07, 6.45) is -4.37. The predicted molar refractivity (Wildman–Crippen MR) is 88.3 cm³/mol. The number of nitrogens with one attached hydrogen (secondary N) is 3. The van der Waals surface area contributed by atoms with E-state index in [-0.39, 0.29) is 18.0 Å². The van der Waals surface area contributed by atoms with E-state index in [1.54, 1.807) is 24.3 Å². The first kappa shape index (κ1) is 18.3. The van der Waals surface area contributed by atoms with Gasteiger partial charge in [0.2, 0.25) is 5.91 Å². The van der Waals surface area contributed by atoms with E-state index in [0.29, 0.717) is 5.69 Å². The molecule has 0 aromatic heterocycles. The first-order chi connectivity index (χ1) is 11.8. The molecule has 8 heteroatoms. The maximum Gasteiger partial charge on any atom is 0.418 e. The van der Waals surface area contributed by atoms with Crippen molar-refractivity contribution in [3.63, 3.8) is 0 Å². The Morgan fingerprint density at radius 2 is 1.60 bits per heavy atom. The number of alkyl halides is 3. The highest BCUT2D eigenvalue weighted by atomic mass is 19.4. The number of anilines is 2. The quantitative estimate of drug-likeness (QED) is 0.787. The van der Waals surface area contributed by atoms with E-state index >= 15 is 0 Å². The predicted octanol–water partition coefficient (Wildman–Crippen LogP) is 3.64. The van der Waals surface area contributed by atoms with Crippen molar-refractivity contribution < 1.29 is 22.8 Å². The summed E-state index contributed by atoms with van der Waals surface area (Å²) >= 11 is 0. The number of urea groups is 1. The van der Waals surface area contributed by atoms with Crippen LogP contribution in [0.2, 0.25) is 0 Å². The molecule has 0 aliphatic rings. The van der Waals surface area contributed by atoms with Gasteiger partial charge in [0.05, 0.1) is 17.7 Å². The van der Waals surface area contributed by atoms with Crippen molar-refractivity contribution in [1.82, 2.24) is 5.32 Å². The Morgan fingerprint density at radius 3 is 2.20 bits per heavy atom. The summed E-state index contributed by atoms with van der Waals surface area (Å²) in [6.45, 7) is 0. The fourth-order valence-corrected chi connectivity index (χ4v) is 2.10. The van der Waals surface area contributed by atoms with Gasteiger partial charge in [0, 0.05) is 12.7 Å². The number of hydrogen-bond acceptors (Lipinski definition) is 2. The standard InChI is InChI=1S/C17H16F3N3O2/c1-21-15(24)10-11-6-8-12(9-7-11)22-16(25)23-14-5-3-2-4-13(14)17(18,19)20/h2-9H,10H2,1H3,(H,21,24)(H2,22,23,25). The van der Waals surface area contributed by atoms with Crippen molar-refractivity contribution in [2.24, 2.45) is 0 Å². The minimum Gasteiger partial charge on any atom is -0.359 e. The van der Waals surface area contributed by atoms with Crippen molar-refractivity contribution in [3.8, 4) is 0 Å². The van der Waals surface area contributed by atoms with Gasteiger partial charge >= 0.3 is 12.2 Å². The molecule has 0 unspecified atom stereocenters. The monoisotopic (exact) mass is 351 g/mol. The number of carbonyl (C=O) groups is 2. The third kappa shape index (κ3) is 5.23. The molecule has 0 bridgehead atoms. The molecule has 0 atom stereocenters. The smallest absolute Gasteiger partial charge is 0.359 e. The molecule has 0 spiro atoms. The molecule has 2 aromatic rings. The molecule has 0 saturated heterocycles. The average molecular weight is 351 g/mol. The number of halogens is 3. The summed E-state index contributed by atoms with van der Waals surface area (Å²) in [5.41, 5.74) is -0.120. The third-order valence-corrected chi connectivity index (χ3v) is 3.34. The van der Waals surface area contributed by atoms with E-state index in [0.717, 1.165) is 11.6 Å². The van der Waals surface area contributed by atoms with Crippen molar-refractivity contribution in [3.05, 3.63) is 59.7 Å². The fourth-order valence-electron chi connectivity index (χ4n) is 2.10. The summed E-state index contributed by atoms with van der Waals surface area (Å²) < 4.78 is 38.7. The van der Waals surface area contributed by atoms with E-state index in [4.69, 9.17) is 0 Å². The van der Waals surface area contributed by atoms with Crippen LogP contribution in [0.25, 0.3) is 0 Å². The molecule has 0 fully saturated rings. The van der Waals surface area contributed by atoms with Crippen molar-refractivity contribution >= 4 is 23.3 Å². The summed E-state index contributed by atoms with van der Waals surface area (Å²) in [5, 5.41) is 7.13. The summed E-state index contributed by atoms with van der Waals surface area (Å²) in [5.74, 6) is -0.151. The second-order valence-corrected chi connectivity index (χ2v) is 5.17. The Labute approximate surface area is 142 Å². The van der Waals surface area contributed by atoms with Gasteiger partial charge < -0.3 is 16.0 Å². The third-order valence-electron chi connectivity index (χ3n) is 3.34. The van der Waals surface area contributed by atoms with Gasteiger partial charge in [-0.2, -0.15) is 13.2 Å². The number of carbonyl (C=O) groups excluding carboxylic acids is 2. The van der Waals surface area contributed by atoms with Gasteiger partial charge in [-0.15, -0.1) is 0 Å². The second kappa shape index (κ2) is 7.69. The van der Waals surface area contributed by atoms with E-state index in [2.05, 4.69) is 16.0 Å². The molecule has 0 aliphatic carbocycles. The number of rotatable bonds is 4. The number of para-hydroxylation sites is 1. The van der Waals surface area contributed by atoms with Crippen LogP contribution in [0.1, 0.15) is 11.1 Å². The van der Waals surface area contributed by atoms with Crippen LogP contribution in [0, 0.1) is 0 Å². The molecule has 2 rings (SSSR count). The number of hydrogen-bond donors (Lipinski definition) is 3. The van der Waals surface area contributed by atoms with Gasteiger partial charge in [-0.3, -0.25) is 4.79 Å².